The fraction of sp³-hybridized carbons (Fsp3) is 0.192. The number of aryl methyl sites for hydroxylation is 3. The highest BCUT2D eigenvalue weighted by atomic mass is 35.5. The number of rotatable bonds is 4. The zero-order chi connectivity index (χ0) is 23.9. The second-order valence-electron chi connectivity index (χ2n) is 8.02. The molecular formula is C26H23ClN2O4. The van der Waals surface area contributed by atoms with Crippen LogP contribution in [0.25, 0.3) is 5.76 Å². The van der Waals surface area contributed by atoms with Gasteiger partial charge in [0.1, 0.15) is 17.6 Å². The number of hydrogen-bond donors (Lipinski definition) is 1. The molecule has 1 aliphatic heterocycles. The molecule has 3 aromatic rings. The molecule has 1 fully saturated rings. The van der Waals surface area contributed by atoms with E-state index in [0.717, 1.165) is 11.1 Å². The number of aliphatic hydroxyl groups is 1. The van der Waals surface area contributed by atoms with Crippen LogP contribution in [-0.2, 0) is 9.59 Å². The van der Waals surface area contributed by atoms with Crippen molar-refractivity contribution in [3.05, 3.63) is 93.3 Å². The van der Waals surface area contributed by atoms with E-state index in [9.17, 15) is 14.7 Å². The summed E-state index contributed by atoms with van der Waals surface area (Å²) in [5, 5.41) is 11.9. The minimum Gasteiger partial charge on any atom is -0.507 e. The van der Waals surface area contributed by atoms with Gasteiger partial charge in [0, 0.05) is 16.9 Å². The van der Waals surface area contributed by atoms with Gasteiger partial charge >= 0.3 is 0 Å². The SMILES string of the molecule is COc1c(C)cc(C)cc1/C(O)=C1\C(=O)C(=O)N(c2ccc(Cl)cc2C)C1c1ccccn1. The first-order valence-corrected chi connectivity index (χ1v) is 10.8. The number of pyridine rings is 1. The number of carbonyl (C=O) groups is 2. The van der Waals surface area contributed by atoms with Crippen LogP contribution < -0.4 is 9.64 Å². The number of aliphatic hydroxyl groups excluding tert-OH is 1. The van der Waals surface area contributed by atoms with E-state index in [1.807, 2.05) is 26.8 Å². The van der Waals surface area contributed by atoms with Crippen molar-refractivity contribution in [2.75, 3.05) is 12.0 Å². The molecule has 2 aromatic carbocycles. The topological polar surface area (TPSA) is 79.7 Å². The summed E-state index contributed by atoms with van der Waals surface area (Å²) < 4.78 is 5.52. The van der Waals surface area contributed by atoms with Gasteiger partial charge in [-0.05, 0) is 73.9 Å². The summed E-state index contributed by atoms with van der Waals surface area (Å²) in [4.78, 5) is 32.4. The zero-order valence-corrected chi connectivity index (χ0v) is 19.5. The maximum atomic E-state index is 13.3. The smallest absolute Gasteiger partial charge is 0.300 e. The lowest BCUT2D eigenvalue weighted by Gasteiger charge is -2.26. The number of amides is 1. The number of aromatic nitrogens is 1. The van der Waals surface area contributed by atoms with Crippen molar-refractivity contribution in [1.82, 2.24) is 4.98 Å². The molecule has 0 saturated carbocycles. The lowest BCUT2D eigenvalue weighted by molar-refractivity contribution is -0.132. The van der Waals surface area contributed by atoms with Gasteiger partial charge in [0.25, 0.3) is 11.7 Å². The first-order valence-electron chi connectivity index (χ1n) is 10.4. The molecule has 1 aromatic heterocycles. The standard InChI is InChI=1S/C26H23ClN2O4/c1-14-11-16(3)25(33-4)18(12-14)23(30)21-22(19-7-5-6-10-28-19)29(26(32)24(21)31)20-9-8-17(27)13-15(20)2/h5-13,22,30H,1-4H3/b23-21+. The lowest BCUT2D eigenvalue weighted by Crippen LogP contribution is -2.30. The van der Waals surface area contributed by atoms with Gasteiger partial charge in [0.15, 0.2) is 0 Å². The van der Waals surface area contributed by atoms with Crippen LogP contribution in [-0.4, -0.2) is 28.9 Å². The molecule has 168 valence electrons. The maximum Gasteiger partial charge on any atom is 0.300 e. The van der Waals surface area contributed by atoms with Crippen molar-refractivity contribution in [2.45, 2.75) is 26.8 Å². The Morgan fingerprint density at radius 1 is 1.06 bits per heavy atom. The Bertz CT molecular complexity index is 1300. The van der Waals surface area contributed by atoms with Crippen LogP contribution in [0, 0.1) is 20.8 Å². The highest BCUT2D eigenvalue weighted by Gasteiger charge is 2.48. The summed E-state index contributed by atoms with van der Waals surface area (Å²) in [5.41, 5.74) is 3.68. The molecule has 2 heterocycles. The van der Waals surface area contributed by atoms with Gasteiger partial charge in [-0.15, -0.1) is 0 Å². The highest BCUT2D eigenvalue weighted by Crippen LogP contribution is 2.44. The zero-order valence-electron chi connectivity index (χ0n) is 18.7. The normalized spacial score (nSPS) is 17.5. The van der Waals surface area contributed by atoms with Crippen LogP contribution in [0.2, 0.25) is 5.02 Å². The number of carbonyl (C=O) groups excluding carboxylic acids is 2. The van der Waals surface area contributed by atoms with E-state index < -0.39 is 17.7 Å². The molecule has 1 N–H and O–H groups in total. The third-order valence-electron chi connectivity index (χ3n) is 5.71. The number of Topliss-reactive ketones (excluding diaryl/α,β-unsaturated/α-hetero) is 1. The van der Waals surface area contributed by atoms with Crippen LogP contribution in [0.1, 0.15) is 34.0 Å². The second-order valence-corrected chi connectivity index (χ2v) is 8.45. The number of nitrogens with zero attached hydrogens (tertiary/aromatic N) is 2. The van der Waals surface area contributed by atoms with Gasteiger partial charge in [-0.1, -0.05) is 23.7 Å². The van der Waals surface area contributed by atoms with E-state index in [4.69, 9.17) is 16.3 Å². The molecule has 0 spiro atoms. The fourth-order valence-corrected chi connectivity index (χ4v) is 4.56. The third kappa shape index (κ3) is 3.87. The monoisotopic (exact) mass is 462 g/mol. The maximum absolute atomic E-state index is 13.3. The highest BCUT2D eigenvalue weighted by molar-refractivity contribution is 6.51. The number of ketones is 1. The molecule has 1 saturated heterocycles. The predicted octanol–water partition coefficient (Wildman–Crippen LogP) is 5.30. The van der Waals surface area contributed by atoms with Gasteiger partial charge in [0.05, 0.1) is 23.9 Å². The van der Waals surface area contributed by atoms with E-state index in [1.54, 1.807) is 48.7 Å². The summed E-state index contributed by atoms with van der Waals surface area (Å²) in [7, 11) is 1.50. The van der Waals surface area contributed by atoms with Gasteiger partial charge < -0.3 is 9.84 Å². The van der Waals surface area contributed by atoms with Crippen molar-refractivity contribution >= 4 is 34.7 Å². The molecule has 0 radical (unpaired) electrons. The van der Waals surface area contributed by atoms with Crippen LogP contribution in [0.3, 0.4) is 0 Å². The molecule has 1 aliphatic rings. The summed E-state index contributed by atoms with van der Waals surface area (Å²) in [6.07, 6.45) is 1.58. The summed E-state index contributed by atoms with van der Waals surface area (Å²) in [6, 6.07) is 13.0. The predicted molar refractivity (Wildman–Crippen MR) is 128 cm³/mol. The first-order chi connectivity index (χ1) is 15.7. The number of ether oxygens (including phenoxy) is 1. The summed E-state index contributed by atoms with van der Waals surface area (Å²) in [6.45, 7) is 5.55. The minimum absolute atomic E-state index is 0.0450. The molecule has 33 heavy (non-hydrogen) atoms. The Labute approximate surface area is 197 Å². The van der Waals surface area contributed by atoms with E-state index >= 15 is 0 Å². The van der Waals surface area contributed by atoms with E-state index in [2.05, 4.69) is 4.98 Å². The summed E-state index contributed by atoms with van der Waals surface area (Å²) in [5.74, 6) is -1.41. The fourth-order valence-electron chi connectivity index (χ4n) is 4.33. The van der Waals surface area contributed by atoms with E-state index in [0.29, 0.717) is 33.3 Å². The van der Waals surface area contributed by atoms with Crippen molar-refractivity contribution < 1.29 is 19.4 Å². The third-order valence-corrected chi connectivity index (χ3v) is 5.94. The molecular weight excluding hydrogens is 440 g/mol. The van der Waals surface area contributed by atoms with Crippen molar-refractivity contribution in [3.8, 4) is 5.75 Å². The van der Waals surface area contributed by atoms with Gasteiger partial charge in [-0.2, -0.15) is 0 Å². The van der Waals surface area contributed by atoms with Gasteiger partial charge in [-0.25, -0.2) is 0 Å². The van der Waals surface area contributed by atoms with Crippen LogP contribution in [0.15, 0.2) is 60.3 Å². The molecule has 7 heteroatoms. The lowest BCUT2D eigenvalue weighted by atomic mass is 9.95. The Balaban J connectivity index is 2.02. The molecule has 0 aliphatic carbocycles. The number of anilines is 1. The first kappa shape index (κ1) is 22.6. The Morgan fingerprint density at radius 2 is 1.82 bits per heavy atom. The number of benzene rings is 2. The van der Waals surface area contributed by atoms with Gasteiger partial charge in [0.2, 0.25) is 0 Å². The molecule has 4 rings (SSSR count). The van der Waals surface area contributed by atoms with Crippen molar-refractivity contribution in [3.63, 3.8) is 0 Å². The van der Waals surface area contributed by atoms with E-state index in [1.165, 1.54) is 12.0 Å². The van der Waals surface area contributed by atoms with Gasteiger partial charge in [-0.3, -0.25) is 19.5 Å². The average molecular weight is 463 g/mol. The Hall–Kier alpha value is -3.64. The molecule has 6 nitrogen and oxygen atoms in total. The molecule has 1 atom stereocenters. The van der Waals surface area contributed by atoms with Crippen molar-refractivity contribution in [1.29, 1.82) is 0 Å². The molecule has 1 unspecified atom stereocenters. The average Bonchev–Trinajstić information content (AvgIpc) is 3.04. The Kier molecular flexibility index (Phi) is 5.95. The quantitative estimate of drug-likeness (QED) is 0.323. The number of halogens is 1. The summed E-state index contributed by atoms with van der Waals surface area (Å²) >= 11 is 6.12. The number of methoxy groups -OCH3 is 1. The molecule has 0 bridgehead atoms. The minimum atomic E-state index is -0.920. The number of hydrogen-bond acceptors (Lipinski definition) is 5. The Morgan fingerprint density at radius 3 is 2.45 bits per heavy atom. The van der Waals surface area contributed by atoms with Crippen LogP contribution >= 0.6 is 11.6 Å². The van der Waals surface area contributed by atoms with Crippen LogP contribution in [0.4, 0.5) is 5.69 Å². The molecule has 1 amide bonds. The van der Waals surface area contributed by atoms with Crippen molar-refractivity contribution in [2.24, 2.45) is 0 Å². The van der Waals surface area contributed by atoms with Crippen LogP contribution in [0.5, 0.6) is 5.75 Å². The van der Waals surface area contributed by atoms with E-state index in [-0.39, 0.29) is 11.3 Å². The second kappa shape index (κ2) is 8.71. The largest absolute Gasteiger partial charge is 0.507 e.